The van der Waals surface area contributed by atoms with Crippen molar-refractivity contribution in [3.63, 3.8) is 0 Å². The van der Waals surface area contributed by atoms with Gasteiger partial charge in [-0.25, -0.2) is 0 Å². The van der Waals surface area contributed by atoms with Crippen LogP contribution in [0.15, 0.2) is 18.2 Å². The number of benzene rings is 1. The summed E-state index contributed by atoms with van der Waals surface area (Å²) >= 11 is 0. The Morgan fingerprint density at radius 3 is 2.70 bits per heavy atom. The molecule has 0 aliphatic heterocycles. The molecule has 1 atom stereocenters. The van der Waals surface area contributed by atoms with Gasteiger partial charge in [-0.3, -0.25) is 15.0 Å². The molecule has 0 heterocycles. The molecule has 0 aliphatic carbocycles. The third-order valence-electron chi connectivity index (χ3n) is 3.39. The first-order chi connectivity index (χ1) is 9.54. The van der Waals surface area contributed by atoms with E-state index in [1.807, 2.05) is 6.07 Å². The van der Waals surface area contributed by atoms with E-state index in [-0.39, 0.29) is 16.7 Å². The highest BCUT2D eigenvalue weighted by Gasteiger charge is 2.19. The predicted octanol–water partition coefficient (Wildman–Crippen LogP) is 2.49. The molecule has 1 unspecified atom stereocenters. The molecule has 6 nitrogen and oxygen atoms in total. The van der Waals surface area contributed by atoms with Gasteiger partial charge in [-0.1, -0.05) is 19.1 Å². The topological polar surface area (TPSA) is 67.6 Å². The second-order valence-corrected chi connectivity index (χ2v) is 4.69. The number of anilines is 1. The fraction of sp³-hybridized carbons (Fsp3) is 0.571. The Balaban J connectivity index is 3.01. The lowest BCUT2D eigenvalue weighted by Gasteiger charge is -2.28. The number of methoxy groups -OCH3 is 1. The summed E-state index contributed by atoms with van der Waals surface area (Å²) in [6.07, 6.45) is 0. The highest BCUT2D eigenvalue weighted by Crippen LogP contribution is 2.29. The Hall–Kier alpha value is -1.66. The lowest BCUT2D eigenvalue weighted by Crippen LogP contribution is -2.35. The normalized spacial score (nSPS) is 12.4. The van der Waals surface area contributed by atoms with E-state index in [2.05, 4.69) is 24.1 Å². The standard InChI is InChI=1S/C14H23N3O3/c1-5-16(11(2)10-20-4)9-12-7-6-8-13(17(18)19)14(12)15-3/h6-8,11,15H,5,9-10H2,1-4H3. The molecule has 112 valence electrons. The van der Waals surface area contributed by atoms with Gasteiger partial charge < -0.3 is 10.1 Å². The summed E-state index contributed by atoms with van der Waals surface area (Å²) in [5.41, 5.74) is 1.62. The lowest BCUT2D eigenvalue weighted by molar-refractivity contribution is -0.384. The summed E-state index contributed by atoms with van der Waals surface area (Å²) in [4.78, 5) is 12.9. The first kappa shape index (κ1) is 16.4. The van der Waals surface area contributed by atoms with Crippen molar-refractivity contribution in [1.29, 1.82) is 0 Å². The Bertz CT molecular complexity index is 451. The maximum Gasteiger partial charge on any atom is 0.292 e. The second kappa shape index (κ2) is 7.81. The number of nitro benzene ring substituents is 1. The number of nitrogens with one attached hydrogen (secondary N) is 1. The highest BCUT2D eigenvalue weighted by molar-refractivity contribution is 5.66. The van der Waals surface area contributed by atoms with Crippen LogP contribution in [0.3, 0.4) is 0 Å². The van der Waals surface area contributed by atoms with E-state index < -0.39 is 0 Å². The Labute approximate surface area is 119 Å². The maximum absolute atomic E-state index is 11.1. The summed E-state index contributed by atoms with van der Waals surface area (Å²) in [5, 5.41) is 14.0. The maximum atomic E-state index is 11.1. The van der Waals surface area contributed by atoms with Crippen LogP contribution in [-0.4, -0.2) is 43.2 Å². The average Bonchev–Trinajstić information content (AvgIpc) is 2.44. The van der Waals surface area contributed by atoms with E-state index in [1.54, 1.807) is 20.2 Å². The van der Waals surface area contributed by atoms with E-state index in [9.17, 15) is 10.1 Å². The van der Waals surface area contributed by atoms with Crippen molar-refractivity contribution in [3.8, 4) is 0 Å². The minimum absolute atomic E-state index is 0.112. The highest BCUT2D eigenvalue weighted by atomic mass is 16.6. The van der Waals surface area contributed by atoms with Gasteiger partial charge in [0, 0.05) is 32.8 Å². The first-order valence-corrected chi connectivity index (χ1v) is 6.72. The van der Waals surface area contributed by atoms with E-state index in [0.717, 1.165) is 12.1 Å². The zero-order valence-electron chi connectivity index (χ0n) is 12.5. The quantitative estimate of drug-likeness (QED) is 0.585. The van der Waals surface area contributed by atoms with Crippen molar-refractivity contribution < 1.29 is 9.66 Å². The zero-order chi connectivity index (χ0) is 15.1. The van der Waals surface area contributed by atoms with Gasteiger partial charge in [0.05, 0.1) is 11.5 Å². The average molecular weight is 281 g/mol. The summed E-state index contributed by atoms with van der Waals surface area (Å²) in [6.45, 7) is 6.30. The van der Waals surface area contributed by atoms with Gasteiger partial charge in [0.15, 0.2) is 0 Å². The van der Waals surface area contributed by atoms with Crippen molar-refractivity contribution in [3.05, 3.63) is 33.9 Å². The van der Waals surface area contributed by atoms with Crippen LogP contribution in [0.2, 0.25) is 0 Å². The van der Waals surface area contributed by atoms with E-state index in [4.69, 9.17) is 4.74 Å². The monoisotopic (exact) mass is 281 g/mol. The molecule has 0 bridgehead atoms. The predicted molar refractivity (Wildman–Crippen MR) is 80.1 cm³/mol. The Morgan fingerprint density at radius 1 is 1.50 bits per heavy atom. The van der Waals surface area contributed by atoms with Gasteiger partial charge in [0.1, 0.15) is 5.69 Å². The molecule has 20 heavy (non-hydrogen) atoms. The van der Waals surface area contributed by atoms with Crippen molar-refractivity contribution in [2.75, 3.05) is 32.6 Å². The van der Waals surface area contributed by atoms with Crippen molar-refractivity contribution in [2.24, 2.45) is 0 Å². The fourth-order valence-corrected chi connectivity index (χ4v) is 2.30. The summed E-state index contributed by atoms with van der Waals surface area (Å²) in [6, 6.07) is 5.42. The number of ether oxygens (including phenoxy) is 1. The molecule has 0 radical (unpaired) electrons. The lowest BCUT2D eigenvalue weighted by atomic mass is 10.1. The molecule has 1 rings (SSSR count). The first-order valence-electron chi connectivity index (χ1n) is 6.72. The smallest absolute Gasteiger partial charge is 0.292 e. The van der Waals surface area contributed by atoms with E-state index in [1.165, 1.54) is 6.07 Å². The molecular formula is C14H23N3O3. The number of hydrogen-bond acceptors (Lipinski definition) is 5. The minimum Gasteiger partial charge on any atom is -0.383 e. The van der Waals surface area contributed by atoms with Gasteiger partial charge in [-0.15, -0.1) is 0 Å². The molecule has 0 fully saturated rings. The van der Waals surface area contributed by atoms with Gasteiger partial charge in [0.2, 0.25) is 0 Å². The van der Waals surface area contributed by atoms with Gasteiger partial charge in [0.25, 0.3) is 5.69 Å². The minimum atomic E-state index is -0.357. The number of hydrogen-bond donors (Lipinski definition) is 1. The van der Waals surface area contributed by atoms with Crippen molar-refractivity contribution in [2.45, 2.75) is 26.4 Å². The second-order valence-electron chi connectivity index (χ2n) is 4.69. The van der Waals surface area contributed by atoms with Gasteiger partial charge in [-0.2, -0.15) is 0 Å². The molecule has 1 aromatic rings. The fourth-order valence-electron chi connectivity index (χ4n) is 2.30. The van der Waals surface area contributed by atoms with Gasteiger partial charge >= 0.3 is 0 Å². The molecule has 0 amide bonds. The van der Waals surface area contributed by atoms with Crippen molar-refractivity contribution >= 4 is 11.4 Å². The molecule has 0 aliphatic rings. The molecule has 1 N–H and O–H groups in total. The molecule has 0 spiro atoms. The van der Waals surface area contributed by atoms with Crippen LogP contribution in [0, 0.1) is 10.1 Å². The number of rotatable bonds is 8. The zero-order valence-corrected chi connectivity index (χ0v) is 12.5. The molecule has 0 saturated heterocycles. The molecule has 1 aromatic carbocycles. The van der Waals surface area contributed by atoms with Gasteiger partial charge in [-0.05, 0) is 19.0 Å². The van der Waals surface area contributed by atoms with E-state index in [0.29, 0.717) is 18.8 Å². The number of nitrogens with zero attached hydrogens (tertiary/aromatic N) is 2. The van der Waals surface area contributed by atoms with Crippen LogP contribution in [0.5, 0.6) is 0 Å². The molecular weight excluding hydrogens is 258 g/mol. The van der Waals surface area contributed by atoms with E-state index >= 15 is 0 Å². The largest absolute Gasteiger partial charge is 0.383 e. The molecule has 6 heteroatoms. The van der Waals surface area contributed by atoms with Crippen LogP contribution in [0.1, 0.15) is 19.4 Å². The third kappa shape index (κ3) is 3.91. The number of nitro groups is 1. The number of para-hydroxylation sites is 1. The van der Waals surface area contributed by atoms with Crippen LogP contribution in [0.25, 0.3) is 0 Å². The third-order valence-corrected chi connectivity index (χ3v) is 3.39. The Kier molecular flexibility index (Phi) is 6.41. The van der Waals surface area contributed by atoms with Crippen LogP contribution < -0.4 is 5.32 Å². The summed E-state index contributed by atoms with van der Waals surface area (Å²) < 4.78 is 5.18. The van der Waals surface area contributed by atoms with Crippen LogP contribution in [-0.2, 0) is 11.3 Å². The molecule has 0 aromatic heterocycles. The Morgan fingerprint density at radius 2 is 2.20 bits per heavy atom. The summed E-state index contributed by atoms with van der Waals surface area (Å²) in [7, 11) is 3.39. The van der Waals surface area contributed by atoms with Crippen LogP contribution >= 0.6 is 0 Å². The van der Waals surface area contributed by atoms with Crippen LogP contribution in [0.4, 0.5) is 11.4 Å². The van der Waals surface area contributed by atoms with Crippen molar-refractivity contribution in [1.82, 2.24) is 4.90 Å². The molecule has 0 saturated carbocycles. The SMILES string of the molecule is CCN(Cc1cccc([N+](=O)[O-])c1NC)C(C)COC. The number of likely N-dealkylation sites (N-methyl/N-ethyl adjacent to an activating group) is 1. The summed E-state index contributed by atoms with van der Waals surface area (Å²) in [5.74, 6) is 0.